The van der Waals surface area contributed by atoms with E-state index in [9.17, 15) is 9.90 Å². The van der Waals surface area contributed by atoms with Crippen molar-refractivity contribution >= 4 is 36.0 Å². The van der Waals surface area contributed by atoms with Crippen LogP contribution in [0.15, 0.2) is 29.3 Å². The molecule has 0 fully saturated rings. The Labute approximate surface area is 179 Å². The highest BCUT2D eigenvalue weighted by Gasteiger charge is 2.24. The van der Waals surface area contributed by atoms with Gasteiger partial charge in [0.05, 0.1) is 12.1 Å². The first kappa shape index (κ1) is 25.3. The van der Waals surface area contributed by atoms with E-state index in [0.717, 1.165) is 12.1 Å². The first-order valence-electron chi connectivity index (χ1n) is 8.82. The van der Waals surface area contributed by atoms with Gasteiger partial charge in [0.25, 0.3) is 0 Å². The standard InChI is InChI=1S/C19H32N4O3.HI/c1-7-20-16(21-12-14-8-10-15(24)11-9-14)22-13-19(5,6)23-17(25)26-18(2,3)4;/h8-11,24H,7,12-13H2,1-6H3,(H,23,25)(H2,20,21,22);1H. The molecule has 0 aliphatic heterocycles. The van der Waals surface area contributed by atoms with Crippen LogP contribution in [0.1, 0.15) is 47.1 Å². The van der Waals surface area contributed by atoms with Crippen LogP contribution in [-0.4, -0.2) is 41.4 Å². The van der Waals surface area contributed by atoms with Crippen molar-refractivity contribution in [3.63, 3.8) is 0 Å². The number of phenols is 1. The smallest absolute Gasteiger partial charge is 0.408 e. The van der Waals surface area contributed by atoms with E-state index in [1.54, 1.807) is 12.1 Å². The van der Waals surface area contributed by atoms with E-state index in [-0.39, 0.29) is 29.7 Å². The van der Waals surface area contributed by atoms with Gasteiger partial charge in [-0.2, -0.15) is 0 Å². The lowest BCUT2D eigenvalue weighted by atomic mass is 10.1. The number of guanidine groups is 1. The number of aromatic hydroxyl groups is 1. The molecule has 0 aliphatic carbocycles. The van der Waals surface area contributed by atoms with E-state index in [1.165, 1.54) is 0 Å². The summed E-state index contributed by atoms with van der Waals surface area (Å²) in [6, 6.07) is 6.94. The zero-order valence-electron chi connectivity index (χ0n) is 17.0. The van der Waals surface area contributed by atoms with E-state index in [1.807, 2.05) is 53.7 Å². The predicted molar refractivity (Wildman–Crippen MR) is 120 cm³/mol. The molecule has 154 valence electrons. The Morgan fingerprint density at radius 2 is 1.70 bits per heavy atom. The van der Waals surface area contributed by atoms with Crippen molar-refractivity contribution in [3.05, 3.63) is 29.8 Å². The number of rotatable bonds is 6. The van der Waals surface area contributed by atoms with Gasteiger partial charge in [-0.1, -0.05) is 12.1 Å². The molecule has 0 saturated heterocycles. The lowest BCUT2D eigenvalue weighted by Gasteiger charge is -2.29. The summed E-state index contributed by atoms with van der Waals surface area (Å²) in [5.41, 5.74) is -0.0586. The van der Waals surface area contributed by atoms with Crippen molar-refractivity contribution in [2.24, 2.45) is 4.99 Å². The molecule has 0 spiro atoms. The minimum atomic E-state index is -0.534. The number of nitrogens with one attached hydrogen (secondary N) is 3. The molecule has 0 aromatic heterocycles. The van der Waals surface area contributed by atoms with Crippen LogP contribution in [0.2, 0.25) is 0 Å². The van der Waals surface area contributed by atoms with Crippen LogP contribution in [0.25, 0.3) is 0 Å². The zero-order valence-corrected chi connectivity index (χ0v) is 19.4. The maximum Gasteiger partial charge on any atom is 0.408 e. The van der Waals surface area contributed by atoms with Crippen LogP contribution in [0.5, 0.6) is 5.75 Å². The van der Waals surface area contributed by atoms with Crippen molar-refractivity contribution < 1.29 is 14.6 Å². The number of aliphatic imine (C=N–C) groups is 1. The highest BCUT2D eigenvalue weighted by molar-refractivity contribution is 14.0. The molecule has 1 amide bonds. The predicted octanol–water partition coefficient (Wildman–Crippen LogP) is 3.37. The number of benzene rings is 1. The molecular formula is C19H33IN4O3. The third kappa shape index (κ3) is 11.6. The normalized spacial score (nSPS) is 12.0. The number of hydrogen-bond acceptors (Lipinski definition) is 4. The molecule has 1 aromatic rings. The Bertz CT molecular complexity index is 610. The van der Waals surface area contributed by atoms with Crippen LogP contribution in [0, 0.1) is 0 Å². The molecule has 0 heterocycles. The molecule has 7 nitrogen and oxygen atoms in total. The third-order valence-electron chi connectivity index (χ3n) is 3.24. The first-order valence-corrected chi connectivity index (χ1v) is 8.82. The number of phenolic OH excluding ortho intramolecular Hbond substituents is 1. The SMILES string of the molecule is CCNC(=NCc1ccc(O)cc1)NCC(C)(C)NC(=O)OC(C)(C)C.I. The maximum atomic E-state index is 12.0. The Morgan fingerprint density at radius 3 is 2.22 bits per heavy atom. The van der Waals surface area contributed by atoms with Crippen LogP contribution < -0.4 is 16.0 Å². The molecule has 4 N–H and O–H groups in total. The number of amides is 1. The Hall–Kier alpha value is -1.71. The van der Waals surface area contributed by atoms with Crippen molar-refractivity contribution in [2.75, 3.05) is 13.1 Å². The number of ether oxygens (including phenoxy) is 1. The van der Waals surface area contributed by atoms with Gasteiger partial charge < -0.3 is 25.8 Å². The van der Waals surface area contributed by atoms with Crippen molar-refractivity contribution in [1.29, 1.82) is 0 Å². The molecule has 8 heteroatoms. The average Bonchev–Trinajstić information content (AvgIpc) is 2.49. The minimum Gasteiger partial charge on any atom is -0.508 e. The number of alkyl carbamates (subject to hydrolysis) is 1. The molecule has 1 aromatic carbocycles. The average molecular weight is 492 g/mol. The molecule has 1 rings (SSSR count). The number of halogens is 1. The number of hydrogen-bond donors (Lipinski definition) is 4. The van der Waals surface area contributed by atoms with Crippen molar-refractivity contribution in [3.8, 4) is 5.75 Å². The van der Waals surface area contributed by atoms with Crippen molar-refractivity contribution in [1.82, 2.24) is 16.0 Å². The largest absolute Gasteiger partial charge is 0.508 e. The van der Waals surface area contributed by atoms with Crippen LogP contribution in [-0.2, 0) is 11.3 Å². The fourth-order valence-electron chi connectivity index (χ4n) is 2.04. The third-order valence-corrected chi connectivity index (χ3v) is 3.24. The van der Waals surface area contributed by atoms with Gasteiger partial charge >= 0.3 is 6.09 Å². The molecule has 27 heavy (non-hydrogen) atoms. The van der Waals surface area contributed by atoms with E-state index in [4.69, 9.17) is 4.74 Å². The van der Waals surface area contributed by atoms with Gasteiger partial charge in [0.15, 0.2) is 5.96 Å². The van der Waals surface area contributed by atoms with Gasteiger partial charge in [-0.25, -0.2) is 9.79 Å². The molecule has 0 unspecified atom stereocenters. The van der Waals surface area contributed by atoms with Gasteiger partial charge in [-0.15, -0.1) is 24.0 Å². The Morgan fingerprint density at radius 1 is 1.11 bits per heavy atom. The number of nitrogens with zero attached hydrogens (tertiary/aromatic N) is 1. The molecular weight excluding hydrogens is 459 g/mol. The highest BCUT2D eigenvalue weighted by atomic mass is 127. The second kappa shape index (κ2) is 11.2. The summed E-state index contributed by atoms with van der Waals surface area (Å²) in [7, 11) is 0. The van der Waals surface area contributed by atoms with Gasteiger partial charge in [0.1, 0.15) is 11.4 Å². The second-order valence-corrected chi connectivity index (χ2v) is 7.73. The summed E-state index contributed by atoms with van der Waals surface area (Å²) < 4.78 is 5.30. The van der Waals surface area contributed by atoms with Gasteiger partial charge in [-0.05, 0) is 59.2 Å². The zero-order chi connectivity index (χ0) is 19.8. The van der Waals surface area contributed by atoms with Gasteiger partial charge in [-0.3, -0.25) is 0 Å². The summed E-state index contributed by atoms with van der Waals surface area (Å²) >= 11 is 0. The summed E-state index contributed by atoms with van der Waals surface area (Å²) in [6.07, 6.45) is -0.449. The summed E-state index contributed by atoms with van der Waals surface area (Å²) in [5, 5.41) is 18.6. The minimum absolute atomic E-state index is 0. The number of carbonyl (C=O) groups is 1. The second-order valence-electron chi connectivity index (χ2n) is 7.73. The Balaban J connectivity index is 0.00000676. The monoisotopic (exact) mass is 492 g/mol. The van der Waals surface area contributed by atoms with E-state index in [2.05, 4.69) is 20.9 Å². The maximum absolute atomic E-state index is 12.0. The topological polar surface area (TPSA) is 95.0 Å². The van der Waals surface area contributed by atoms with Gasteiger partial charge in [0, 0.05) is 13.1 Å². The summed E-state index contributed by atoms with van der Waals surface area (Å²) in [5.74, 6) is 0.886. The van der Waals surface area contributed by atoms with Crippen LogP contribution >= 0.6 is 24.0 Å². The summed E-state index contributed by atoms with van der Waals surface area (Å²) in [4.78, 5) is 16.5. The van der Waals surface area contributed by atoms with Crippen LogP contribution in [0.3, 0.4) is 0 Å². The van der Waals surface area contributed by atoms with Crippen LogP contribution in [0.4, 0.5) is 4.79 Å². The van der Waals surface area contributed by atoms with Gasteiger partial charge in [0.2, 0.25) is 0 Å². The van der Waals surface area contributed by atoms with E-state index < -0.39 is 17.2 Å². The fraction of sp³-hybridized carbons (Fsp3) is 0.579. The summed E-state index contributed by atoms with van der Waals surface area (Å²) in [6.45, 7) is 13.0. The Kier molecular flexibility index (Phi) is 10.5. The fourth-order valence-corrected chi connectivity index (χ4v) is 2.04. The number of carbonyl (C=O) groups excluding carboxylic acids is 1. The molecule has 0 bridgehead atoms. The van der Waals surface area contributed by atoms with Crippen molar-refractivity contribution in [2.45, 2.75) is 59.2 Å². The highest BCUT2D eigenvalue weighted by Crippen LogP contribution is 2.11. The molecule has 0 atom stereocenters. The quantitative estimate of drug-likeness (QED) is 0.278. The lowest BCUT2D eigenvalue weighted by Crippen LogP contribution is -2.54. The molecule has 0 aliphatic rings. The van der Waals surface area contributed by atoms with E-state index >= 15 is 0 Å². The lowest BCUT2D eigenvalue weighted by molar-refractivity contribution is 0.0474. The van der Waals surface area contributed by atoms with E-state index in [0.29, 0.717) is 19.0 Å². The first-order chi connectivity index (χ1) is 12.0. The molecule has 0 radical (unpaired) electrons. The molecule has 0 saturated carbocycles.